The van der Waals surface area contributed by atoms with Crippen LogP contribution >= 0.6 is 15.9 Å². The number of rotatable bonds is 5. The van der Waals surface area contributed by atoms with Crippen LogP contribution in [0.15, 0.2) is 4.47 Å². The molecule has 1 atom stereocenters. The number of hydrogen-bond donors (Lipinski definition) is 2. The van der Waals surface area contributed by atoms with Crippen molar-refractivity contribution in [2.45, 2.75) is 39.3 Å². The van der Waals surface area contributed by atoms with E-state index in [1.165, 1.54) is 0 Å². The standard InChI is InChI=1S/C10H18BrN3O/c1-3-14-9(6-8(15)4-5-12)10(11)7(2)13-14/h8,15H,3-6,12H2,1-2H3. The third-order valence-electron chi connectivity index (χ3n) is 2.38. The van der Waals surface area contributed by atoms with Gasteiger partial charge in [0.25, 0.3) is 0 Å². The largest absolute Gasteiger partial charge is 0.393 e. The van der Waals surface area contributed by atoms with Gasteiger partial charge in [-0.3, -0.25) is 4.68 Å². The van der Waals surface area contributed by atoms with Gasteiger partial charge in [-0.1, -0.05) is 0 Å². The Balaban J connectivity index is 2.82. The normalized spacial score (nSPS) is 13.1. The first-order chi connectivity index (χ1) is 7.10. The van der Waals surface area contributed by atoms with Crippen LogP contribution in [-0.4, -0.2) is 27.5 Å². The van der Waals surface area contributed by atoms with Gasteiger partial charge in [0.1, 0.15) is 0 Å². The highest BCUT2D eigenvalue weighted by Gasteiger charge is 2.15. The van der Waals surface area contributed by atoms with E-state index >= 15 is 0 Å². The molecule has 0 radical (unpaired) electrons. The number of aliphatic hydroxyl groups is 1. The van der Waals surface area contributed by atoms with Crippen molar-refractivity contribution >= 4 is 15.9 Å². The molecular formula is C10H18BrN3O. The molecule has 0 fully saturated rings. The number of hydrogen-bond acceptors (Lipinski definition) is 3. The summed E-state index contributed by atoms with van der Waals surface area (Å²) in [6.07, 6.45) is 0.847. The monoisotopic (exact) mass is 275 g/mol. The van der Waals surface area contributed by atoms with Crippen LogP contribution in [-0.2, 0) is 13.0 Å². The maximum absolute atomic E-state index is 9.71. The van der Waals surface area contributed by atoms with Crippen molar-refractivity contribution in [3.05, 3.63) is 15.9 Å². The molecule has 0 saturated heterocycles. The highest BCUT2D eigenvalue weighted by molar-refractivity contribution is 9.10. The van der Waals surface area contributed by atoms with Crippen molar-refractivity contribution in [2.24, 2.45) is 5.73 Å². The molecule has 0 aliphatic rings. The molecule has 15 heavy (non-hydrogen) atoms. The Kier molecular flexibility index (Phi) is 4.76. The van der Waals surface area contributed by atoms with Crippen LogP contribution in [0, 0.1) is 6.92 Å². The molecule has 0 bridgehead atoms. The molecule has 3 N–H and O–H groups in total. The van der Waals surface area contributed by atoms with E-state index in [0.717, 1.165) is 22.4 Å². The van der Waals surface area contributed by atoms with Gasteiger partial charge in [-0.25, -0.2) is 0 Å². The van der Waals surface area contributed by atoms with Crippen molar-refractivity contribution < 1.29 is 5.11 Å². The smallest absolute Gasteiger partial charge is 0.0738 e. The van der Waals surface area contributed by atoms with E-state index < -0.39 is 0 Å². The van der Waals surface area contributed by atoms with E-state index in [1.54, 1.807) is 0 Å². The summed E-state index contributed by atoms with van der Waals surface area (Å²) in [4.78, 5) is 0. The van der Waals surface area contributed by atoms with Crippen LogP contribution in [0.5, 0.6) is 0 Å². The van der Waals surface area contributed by atoms with Gasteiger partial charge in [-0.05, 0) is 42.7 Å². The Morgan fingerprint density at radius 2 is 2.27 bits per heavy atom. The minimum absolute atomic E-state index is 0.382. The molecule has 1 heterocycles. The van der Waals surface area contributed by atoms with Gasteiger partial charge in [0.05, 0.1) is 22.0 Å². The van der Waals surface area contributed by atoms with Crippen LogP contribution in [0.4, 0.5) is 0 Å². The molecule has 1 aromatic rings. The summed E-state index contributed by atoms with van der Waals surface area (Å²) < 4.78 is 2.92. The van der Waals surface area contributed by atoms with Crippen LogP contribution in [0.25, 0.3) is 0 Å². The molecule has 0 amide bonds. The molecule has 4 nitrogen and oxygen atoms in total. The second-order valence-electron chi connectivity index (χ2n) is 3.60. The zero-order valence-corrected chi connectivity index (χ0v) is 10.8. The van der Waals surface area contributed by atoms with Crippen molar-refractivity contribution in [1.82, 2.24) is 9.78 Å². The van der Waals surface area contributed by atoms with Crippen LogP contribution in [0.3, 0.4) is 0 Å². The van der Waals surface area contributed by atoms with Gasteiger partial charge in [-0.15, -0.1) is 0 Å². The maximum atomic E-state index is 9.71. The molecule has 86 valence electrons. The Labute approximate surface area is 98.6 Å². The summed E-state index contributed by atoms with van der Waals surface area (Å²) in [7, 11) is 0. The topological polar surface area (TPSA) is 64.1 Å². The number of halogens is 1. The zero-order valence-electron chi connectivity index (χ0n) is 9.20. The first-order valence-electron chi connectivity index (χ1n) is 5.20. The first kappa shape index (κ1) is 12.7. The second-order valence-corrected chi connectivity index (χ2v) is 4.39. The molecular weight excluding hydrogens is 258 g/mol. The predicted octanol–water partition coefficient (Wildman–Crippen LogP) is 1.23. The highest BCUT2D eigenvalue weighted by Crippen LogP contribution is 2.22. The van der Waals surface area contributed by atoms with E-state index in [4.69, 9.17) is 5.73 Å². The predicted molar refractivity (Wildman–Crippen MR) is 63.7 cm³/mol. The lowest BCUT2D eigenvalue weighted by Crippen LogP contribution is -2.18. The lowest BCUT2D eigenvalue weighted by atomic mass is 10.1. The molecule has 0 saturated carbocycles. The van der Waals surface area contributed by atoms with Crippen molar-refractivity contribution in [1.29, 1.82) is 0 Å². The summed E-state index contributed by atoms with van der Waals surface area (Å²) in [5, 5.41) is 14.1. The van der Waals surface area contributed by atoms with E-state index in [0.29, 0.717) is 19.4 Å². The SMILES string of the molecule is CCn1nc(C)c(Br)c1CC(O)CCN. The number of nitrogens with two attached hydrogens (primary N) is 1. The van der Waals surface area contributed by atoms with E-state index in [9.17, 15) is 5.11 Å². The number of aliphatic hydroxyl groups excluding tert-OH is 1. The van der Waals surface area contributed by atoms with Crippen LogP contribution in [0.2, 0.25) is 0 Å². The molecule has 0 aliphatic carbocycles. The third-order valence-corrected chi connectivity index (χ3v) is 3.41. The van der Waals surface area contributed by atoms with E-state index in [-0.39, 0.29) is 6.10 Å². The quantitative estimate of drug-likeness (QED) is 0.850. The minimum atomic E-state index is -0.382. The van der Waals surface area contributed by atoms with Gasteiger partial charge >= 0.3 is 0 Å². The van der Waals surface area contributed by atoms with Gasteiger partial charge in [-0.2, -0.15) is 5.10 Å². The molecule has 1 rings (SSSR count). The van der Waals surface area contributed by atoms with E-state index in [1.807, 2.05) is 18.5 Å². The van der Waals surface area contributed by atoms with E-state index in [2.05, 4.69) is 21.0 Å². The second kappa shape index (κ2) is 5.63. The van der Waals surface area contributed by atoms with Gasteiger partial charge in [0.15, 0.2) is 0 Å². The molecule has 5 heteroatoms. The Bertz CT molecular complexity index is 325. The van der Waals surface area contributed by atoms with Crippen molar-refractivity contribution in [2.75, 3.05) is 6.54 Å². The highest BCUT2D eigenvalue weighted by atomic mass is 79.9. The fraction of sp³-hybridized carbons (Fsp3) is 0.700. The zero-order chi connectivity index (χ0) is 11.4. The minimum Gasteiger partial charge on any atom is -0.393 e. The van der Waals surface area contributed by atoms with Crippen LogP contribution < -0.4 is 5.73 Å². The maximum Gasteiger partial charge on any atom is 0.0738 e. The average molecular weight is 276 g/mol. The fourth-order valence-corrected chi connectivity index (χ4v) is 2.03. The number of aryl methyl sites for hydroxylation is 2. The average Bonchev–Trinajstić information content (AvgIpc) is 2.46. The first-order valence-corrected chi connectivity index (χ1v) is 5.99. The number of nitrogens with zero attached hydrogens (tertiary/aromatic N) is 2. The lowest BCUT2D eigenvalue weighted by Gasteiger charge is -2.10. The lowest BCUT2D eigenvalue weighted by molar-refractivity contribution is 0.164. The van der Waals surface area contributed by atoms with Gasteiger partial charge in [0.2, 0.25) is 0 Å². The van der Waals surface area contributed by atoms with Crippen molar-refractivity contribution in [3.8, 4) is 0 Å². The van der Waals surface area contributed by atoms with Gasteiger partial charge in [0, 0.05) is 13.0 Å². The number of aromatic nitrogens is 2. The van der Waals surface area contributed by atoms with Crippen LogP contribution in [0.1, 0.15) is 24.7 Å². The Hall–Kier alpha value is -0.390. The molecule has 0 aliphatic heterocycles. The Morgan fingerprint density at radius 3 is 2.80 bits per heavy atom. The summed E-state index contributed by atoms with van der Waals surface area (Å²) >= 11 is 3.50. The molecule has 0 aromatic carbocycles. The summed E-state index contributed by atoms with van der Waals surface area (Å²) in [5.74, 6) is 0. The summed E-state index contributed by atoms with van der Waals surface area (Å²) in [6.45, 7) is 5.32. The van der Waals surface area contributed by atoms with Crippen molar-refractivity contribution in [3.63, 3.8) is 0 Å². The molecule has 1 unspecified atom stereocenters. The fourth-order valence-electron chi connectivity index (χ4n) is 1.58. The van der Waals surface area contributed by atoms with Gasteiger partial charge < -0.3 is 10.8 Å². The third kappa shape index (κ3) is 3.03. The molecule has 1 aromatic heterocycles. The molecule has 0 spiro atoms. The summed E-state index contributed by atoms with van der Waals surface area (Å²) in [5.41, 5.74) is 7.42. The summed E-state index contributed by atoms with van der Waals surface area (Å²) in [6, 6.07) is 0. The Morgan fingerprint density at radius 1 is 1.60 bits per heavy atom.